The lowest BCUT2D eigenvalue weighted by Crippen LogP contribution is -2.28. The van der Waals surface area contributed by atoms with Crippen LogP contribution in [-0.4, -0.2) is 11.9 Å². The largest absolute Gasteiger partial charge is 0.328 e. The van der Waals surface area contributed by atoms with Gasteiger partial charge in [0.1, 0.15) is 0 Å². The average Bonchev–Trinajstić information content (AvgIpc) is 2.37. The highest BCUT2D eigenvalue weighted by Crippen LogP contribution is 2.26. The van der Waals surface area contributed by atoms with Crippen LogP contribution in [0.25, 0.3) is 0 Å². The Bertz CT molecular complexity index is 453. The molecule has 0 bridgehead atoms. The summed E-state index contributed by atoms with van der Waals surface area (Å²) in [4.78, 5) is 12.0. The number of hydrogen-bond acceptors (Lipinski definition) is 2. The molecule has 1 fully saturated rings. The van der Waals surface area contributed by atoms with E-state index in [2.05, 4.69) is 21.2 Å². The van der Waals surface area contributed by atoms with E-state index in [0.29, 0.717) is 18.4 Å². The maximum absolute atomic E-state index is 12.0. The molecule has 3 N–H and O–H groups in total. The maximum Gasteiger partial charge on any atom is 0.224 e. The Morgan fingerprint density at radius 2 is 2.05 bits per heavy atom. The first-order valence-corrected chi connectivity index (χ1v) is 7.65. The number of carbonyl (C=O) groups is 1. The molecule has 2 rings (SSSR count). The fourth-order valence-corrected chi connectivity index (χ4v) is 2.92. The number of halogens is 1. The molecule has 3 nitrogen and oxygen atoms in total. The van der Waals surface area contributed by atoms with Crippen molar-refractivity contribution < 1.29 is 4.79 Å². The quantitative estimate of drug-likeness (QED) is 0.892. The summed E-state index contributed by atoms with van der Waals surface area (Å²) in [6.07, 6.45) is 4.86. The van der Waals surface area contributed by atoms with E-state index in [-0.39, 0.29) is 5.91 Å². The number of hydrogen-bond donors (Lipinski definition) is 2. The Hall–Kier alpha value is -0.870. The van der Waals surface area contributed by atoms with E-state index >= 15 is 0 Å². The number of aryl methyl sites for hydroxylation is 1. The van der Waals surface area contributed by atoms with Crippen molar-refractivity contribution in [3.63, 3.8) is 0 Å². The first kappa shape index (κ1) is 14.5. The van der Waals surface area contributed by atoms with Gasteiger partial charge in [-0.1, -0.05) is 22.0 Å². The van der Waals surface area contributed by atoms with Crippen molar-refractivity contribution in [3.05, 3.63) is 28.2 Å². The molecule has 1 aliphatic carbocycles. The van der Waals surface area contributed by atoms with Crippen LogP contribution < -0.4 is 11.1 Å². The lowest BCUT2D eigenvalue weighted by Gasteiger charge is -2.25. The van der Waals surface area contributed by atoms with Crippen molar-refractivity contribution in [1.29, 1.82) is 0 Å². The molecule has 0 radical (unpaired) electrons. The van der Waals surface area contributed by atoms with Gasteiger partial charge in [0, 0.05) is 22.6 Å². The molecule has 1 saturated carbocycles. The Balaban J connectivity index is 1.85. The van der Waals surface area contributed by atoms with E-state index in [1.807, 2.05) is 25.1 Å². The number of rotatable bonds is 3. The molecular weight excluding hydrogens is 304 g/mol. The van der Waals surface area contributed by atoms with Crippen molar-refractivity contribution in [3.8, 4) is 0 Å². The third-order valence-electron chi connectivity index (χ3n) is 3.82. The van der Waals surface area contributed by atoms with Crippen LogP contribution in [0.3, 0.4) is 0 Å². The molecule has 104 valence electrons. The summed E-state index contributed by atoms with van der Waals surface area (Å²) >= 11 is 3.48. The molecule has 1 aromatic carbocycles. The van der Waals surface area contributed by atoms with Gasteiger partial charge in [-0.2, -0.15) is 0 Å². The molecule has 0 atom stereocenters. The summed E-state index contributed by atoms with van der Waals surface area (Å²) < 4.78 is 1.02. The number of benzene rings is 1. The lowest BCUT2D eigenvalue weighted by atomic mass is 9.84. The van der Waals surface area contributed by atoms with E-state index in [4.69, 9.17) is 5.73 Å². The van der Waals surface area contributed by atoms with Gasteiger partial charge in [0.25, 0.3) is 0 Å². The molecule has 0 aromatic heterocycles. The summed E-state index contributed by atoms with van der Waals surface area (Å²) in [5, 5.41) is 2.97. The van der Waals surface area contributed by atoms with Crippen LogP contribution in [0.4, 0.5) is 5.69 Å². The van der Waals surface area contributed by atoms with Crippen LogP contribution in [0, 0.1) is 12.8 Å². The lowest BCUT2D eigenvalue weighted by molar-refractivity contribution is -0.117. The number of amides is 1. The van der Waals surface area contributed by atoms with Gasteiger partial charge in [-0.05, 0) is 56.2 Å². The van der Waals surface area contributed by atoms with Crippen molar-refractivity contribution in [1.82, 2.24) is 0 Å². The molecule has 0 saturated heterocycles. The molecule has 4 heteroatoms. The fourth-order valence-electron chi connectivity index (χ4n) is 2.54. The summed E-state index contributed by atoms with van der Waals surface area (Å²) in [5.41, 5.74) is 7.90. The van der Waals surface area contributed by atoms with Gasteiger partial charge < -0.3 is 11.1 Å². The molecule has 0 aliphatic heterocycles. The topological polar surface area (TPSA) is 55.1 Å². The Kier molecular flexibility index (Phi) is 4.99. The number of nitrogens with two attached hydrogens (primary N) is 1. The Labute approximate surface area is 123 Å². The van der Waals surface area contributed by atoms with Crippen LogP contribution in [-0.2, 0) is 4.79 Å². The SMILES string of the molecule is Cc1ccc(NC(=O)CC2CCC(N)CC2)cc1Br. The van der Waals surface area contributed by atoms with E-state index in [1.54, 1.807) is 0 Å². The average molecular weight is 325 g/mol. The van der Waals surface area contributed by atoms with Gasteiger partial charge in [-0.3, -0.25) is 4.79 Å². The monoisotopic (exact) mass is 324 g/mol. The van der Waals surface area contributed by atoms with E-state index in [9.17, 15) is 4.79 Å². The molecule has 0 unspecified atom stereocenters. The zero-order valence-corrected chi connectivity index (χ0v) is 12.9. The summed E-state index contributed by atoms with van der Waals surface area (Å²) in [5.74, 6) is 0.602. The van der Waals surface area contributed by atoms with Gasteiger partial charge in [0.15, 0.2) is 0 Å². The minimum absolute atomic E-state index is 0.108. The van der Waals surface area contributed by atoms with Gasteiger partial charge in [-0.15, -0.1) is 0 Å². The van der Waals surface area contributed by atoms with Crippen molar-refractivity contribution in [2.75, 3.05) is 5.32 Å². The summed E-state index contributed by atoms with van der Waals surface area (Å²) in [6.45, 7) is 2.03. The van der Waals surface area contributed by atoms with Gasteiger partial charge in [0.05, 0.1) is 0 Å². The van der Waals surface area contributed by atoms with Crippen LogP contribution in [0.5, 0.6) is 0 Å². The molecule has 0 spiro atoms. The molecule has 19 heavy (non-hydrogen) atoms. The first-order chi connectivity index (χ1) is 9.04. The van der Waals surface area contributed by atoms with Gasteiger partial charge >= 0.3 is 0 Å². The van der Waals surface area contributed by atoms with Crippen molar-refractivity contribution in [2.45, 2.75) is 45.1 Å². The zero-order valence-electron chi connectivity index (χ0n) is 11.3. The van der Waals surface area contributed by atoms with Crippen LogP contribution in [0.2, 0.25) is 0 Å². The van der Waals surface area contributed by atoms with E-state index in [1.165, 1.54) is 5.56 Å². The highest BCUT2D eigenvalue weighted by atomic mass is 79.9. The van der Waals surface area contributed by atoms with E-state index < -0.39 is 0 Å². The third-order valence-corrected chi connectivity index (χ3v) is 4.68. The smallest absolute Gasteiger partial charge is 0.224 e. The van der Waals surface area contributed by atoms with Crippen LogP contribution in [0.15, 0.2) is 22.7 Å². The van der Waals surface area contributed by atoms with Gasteiger partial charge in [-0.25, -0.2) is 0 Å². The highest BCUT2D eigenvalue weighted by Gasteiger charge is 2.20. The molecule has 1 aliphatic rings. The fraction of sp³-hybridized carbons (Fsp3) is 0.533. The molecular formula is C15H21BrN2O. The molecule has 1 aromatic rings. The molecule has 1 amide bonds. The Morgan fingerprint density at radius 1 is 1.37 bits per heavy atom. The standard InChI is InChI=1S/C15H21BrN2O/c1-10-2-7-13(9-14(10)16)18-15(19)8-11-3-5-12(17)6-4-11/h2,7,9,11-12H,3-6,8,17H2,1H3,(H,18,19). The van der Waals surface area contributed by atoms with Gasteiger partial charge in [0.2, 0.25) is 5.91 Å². The first-order valence-electron chi connectivity index (χ1n) is 6.86. The normalized spacial score (nSPS) is 23.1. The zero-order chi connectivity index (χ0) is 13.8. The summed E-state index contributed by atoms with van der Waals surface area (Å²) in [6, 6.07) is 6.23. The van der Waals surface area contributed by atoms with Crippen LogP contribution >= 0.6 is 15.9 Å². The van der Waals surface area contributed by atoms with Crippen molar-refractivity contribution >= 4 is 27.5 Å². The second kappa shape index (κ2) is 6.53. The highest BCUT2D eigenvalue weighted by molar-refractivity contribution is 9.10. The van der Waals surface area contributed by atoms with Crippen LogP contribution in [0.1, 0.15) is 37.7 Å². The second-order valence-corrected chi connectivity index (χ2v) is 6.35. The minimum atomic E-state index is 0.108. The number of nitrogens with one attached hydrogen (secondary N) is 1. The Morgan fingerprint density at radius 3 is 2.68 bits per heavy atom. The predicted molar refractivity (Wildman–Crippen MR) is 82.1 cm³/mol. The van der Waals surface area contributed by atoms with Crippen molar-refractivity contribution in [2.24, 2.45) is 11.7 Å². The second-order valence-electron chi connectivity index (χ2n) is 5.50. The van der Waals surface area contributed by atoms with E-state index in [0.717, 1.165) is 35.8 Å². The number of carbonyl (C=O) groups excluding carboxylic acids is 1. The molecule has 0 heterocycles. The third kappa shape index (κ3) is 4.32. The maximum atomic E-state index is 12.0. The predicted octanol–water partition coefficient (Wildman–Crippen LogP) is 3.60. The summed E-state index contributed by atoms with van der Waals surface area (Å²) in [7, 11) is 0. The minimum Gasteiger partial charge on any atom is -0.328 e. The number of anilines is 1.